The van der Waals surface area contributed by atoms with Gasteiger partial charge in [-0.05, 0) is 0 Å². The van der Waals surface area contributed by atoms with Crippen molar-refractivity contribution in [1.82, 2.24) is 19.9 Å². The van der Waals surface area contributed by atoms with Crippen LogP contribution in [-0.2, 0) is 0 Å². The molecule has 0 aliphatic carbocycles. The minimum Gasteiger partial charge on any atom is -0.467 e. The van der Waals surface area contributed by atoms with Crippen molar-refractivity contribution in [3.05, 3.63) is 24.8 Å². The summed E-state index contributed by atoms with van der Waals surface area (Å²) < 4.78 is 9.35. The Kier molecular flexibility index (Phi) is 3.28. The highest BCUT2D eigenvalue weighted by atomic mass is 16.6. The fourth-order valence-corrected chi connectivity index (χ4v) is 1.18. The molecule has 2 rings (SSSR count). The Bertz CT molecular complexity index is 540. The first-order chi connectivity index (χ1) is 8.69. The number of ether oxygens (including phenoxy) is 2. The van der Waals surface area contributed by atoms with Crippen LogP contribution in [0.4, 0.5) is 4.79 Å². The molecule has 0 aliphatic rings. The molecule has 0 aromatic carbocycles. The monoisotopic (exact) mass is 247 g/mol. The second kappa shape index (κ2) is 5.04. The van der Waals surface area contributed by atoms with Gasteiger partial charge in [0.05, 0.1) is 7.11 Å². The van der Waals surface area contributed by atoms with Crippen LogP contribution in [0.25, 0.3) is 11.1 Å². The number of primary amides is 1. The zero-order valence-corrected chi connectivity index (χ0v) is 9.40. The Morgan fingerprint density at radius 3 is 1.83 bits per heavy atom. The Morgan fingerprint density at radius 2 is 1.44 bits per heavy atom. The lowest BCUT2D eigenvalue weighted by atomic mass is 10.2. The van der Waals surface area contributed by atoms with Gasteiger partial charge in [0, 0.05) is 35.9 Å². The van der Waals surface area contributed by atoms with Gasteiger partial charge in [0.25, 0.3) is 0 Å². The molecule has 0 bridgehead atoms. The first-order valence-electron chi connectivity index (χ1n) is 4.85. The normalized spacial score (nSPS) is 9.83. The van der Waals surface area contributed by atoms with Crippen LogP contribution in [0.3, 0.4) is 0 Å². The largest absolute Gasteiger partial charge is 0.467 e. The Morgan fingerprint density at radius 1 is 1.00 bits per heavy atom. The lowest BCUT2D eigenvalue weighted by Gasteiger charge is -2.02. The molecule has 2 N–H and O–H groups in total. The Hall–Kier alpha value is -2.77. The molecule has 0 unspecified atom stereocenters. The highest BCUT2D eigenvalue weighted by Gasteiger charge is 2.05. The van der Waals surface area contributed by atoms with Gasteiger partial charge in [0.2, 0.25) is 0 Å². The average Bonchev–Trinajstić information content (AvgIpc) is 2.39. The maximum absolute atomic E-state index is 10.5. The third kappa shape index (κ3) is 2.67. The summed E-state index contributed by atoms with van der Waals surface area (Å²) in [4.78, 5) is 26.0. The molecular weight excluding hydrogens is 238 g/mol. The number of hydrogen-bond acceptors (Lipinski definition) is 7. The molecule has 8 nitrogen and oxygen atoms in total. The number of methoxy groups -OCH3 is 1. The van der Waals surface area contributed by atoms with Gasteiger partial charge in [-0.3, -0.25) is 0 Å². The molecule has 92 valence electrons. The van der Waals surface area contributed by atoms with Crippen LogP contribution >= 0.6 is 0 Å². The van der Waals surface area contributed by atoms with Gasteiger partial charge in [-0.25, -0.2) is 24.7 Å². The molecule has 0 atom stereocenters. The molecule has 0 fully saturated rings. The highest BCUT2D eigenvalue weighted by molar-refractivity contribution is 5.67. The minimum atomic E-state index is -0.962. The van der Waals surface area contributed by atoms with E-state index in [0.29, 0.717) is 11.1 Å². The van der Waals surface area contributed by atoms with Crippen molar-refractivity contribution in [3.8, 4) is 23.1 Å². The zero-order chi connectivity index (χ0) is 13.0. The number of rotatable bonds is 3. The van der Waals surface area contributed by atoms with Crippen molar-refractivity contribution in [3.63, 3.8) is 0 Å². The first kappa shape index (κ1) is 11.7. The maximum atomic E-state index is 10.5. The fraction of sp³-hybridized carbons (Fsp3) is 0.100. The van der Waals surface area contributed by atoms with Crippen molar-refractivity contribution in [2.45, 2.75) is 0 Å². The van der Waals surface area contributed by atoms with Crippen LogP contribution in [0.5, 0.6) is 12.0 Å². The van der Waals surface area contributed by atoms with E-state index >= 15 is 0 Å². The summed E-state index contributed by atoms with van der Waals surface area (Å²) in [7, 11) is 1.48. The summed E-state index contributed by atoms with van der Waals surface area (Å²) in [6.45, 7) is 0. The first-order valence-corrected chi connectivity index (χ1v) is 4.85. The molecule has 8 heteroatoms. The number of aromatic nitrogens is 4. The molecule has 0 spiro atoms. The number of carbonyl (C=O) groups excluding carboxylic acids is 1. The molecule has 0 aliphatic heterocycles. The van der Waals surface area contributed by atoms with Crippen LogP contribution in [0.15, 0.2) is 24.8 Å². The van der Waals surface area contributed by atoms with E-state index in [0.717, 1.165) is 0 Å². The van der Waals surface area contributed by atoms with Crippen molar-refractivity contribution in [2.24, 2.45) is 5.73 Å². The lowest BCUT2D eigenvalue weighted by Crippen LogP contribution is -2.17. The van der Waals surface area contributed by atoms with E-state index in [4.69, 9.17) is 10.5 Å². The number of hydrogen-bond donors (Lipinski definition) is 1. The van der Waals surface area contributed by atoms with E-state index in [9.17, 15) is 4.79 Å². The lowest BCUT2D eigenvalue weighted by molar-refractivity contribution is 0.207. The zero-order valence-electron chi connectivity index (χ0n) is 9.40. The number of amides is 1. The topological polar surface area (TPSA) is 113 Å². The Balaban J connectivity index is 2.20. The summed E-state index contributed by atoms with van der Waals surface area (Å²) >= 11 is 0. The van der Waals surface area contributed by atoms with Crippen molar-refractivity contribution in [1.29, 1.82) is 0 Å². The van der Waals surface area contributed by atoms with E-state index in [-0.39, 0.29) is 12.0 Å². The summed E-state index contributed by atoms with van der Waals surface area (Å²) in [5, 5.41) is 0. The van der Waals surface area contributed by atoms with Crippen LogP contribution < -0.4 is 15.2 Å². The molecule has 0 radical (unpaired) electrons. The fourth-order valence-electron chi connectivity index (χ4n) is 1.18. The predicted molar refractivity (Wildman–Crippen MR) is 59.8 cm³/mol. The molecule has 0 saturated heterocycles. The van der Waals surface area contributed by atoms with Gasteiger partial charge in [0.15, 0.2) is 0 Å². The second-order valence-electron chi connectivity index (χ2n) is 3.13. The summed E-state index contributed by atoms with van der Waals surface area (Å²) in [6.07, 6.45) is 5.11. The number of carbonyl (C=O) groups is 1. The second-order valence-corrected chi connectivity index (χ2v) is 3.13. The van der Waals surface area contributed by atoms with Crippen molar-refractivity contribution >= 4 is 6.09 Å². The SMILES string of the molecule is COc1ncc(-c2cnc(OC(N)=O)nc2)cn1. The summed E-state index contributed by atoms with van der Waals surface area (Å²) in [5.41, 5.74) is 6.22. The molecule has 1 amide bonds. The van der Waals surface area contributed by atoms with E-state index < -0.39 is 6.09 Å². The molecule has 2 aromatic heterocycles. The van der Waals surface area contributed by atoms with Crippen LogP contribution in [-0.4, -0.2) is 33.1 Å². The van der Waals surface area contributed by atoms with Crippen LogP contribution in [0.2, 0.25) is 0 Å². The van der Waals surface area contributed by atoms with Crippen molar-refractivity contribution < 1.29 is 14.3 Å². The molecule has 0 saturated carbocycles. The van der Waals surface area contributed by atoms with E-state index in [1.165, 1.54) is 19.5 Å². The summed E-state index contributed by atoms with van der Waals surface area (Å²) in [5.74, 6) is 0. The molecule has 18 heavy (non-hydrogen) atoms. The molecule has 2 heterocycles. The van der Waals surface area contributed by atoms with E-state index in [2.05, 4.69) is 24.7 Å². The van der Waals surface area contributed by atoms with Crippen LogP contribution in [0, 0.1) is 0 Å². The predicted octanol–water partition coefficient (Wildman–Crippen LogP) is 0.400. The standard InChI is InChI=1S/C10H9N5O3/c1-17-9-12-2-6(3-13-9)7-4-14-10(15-5-7)18-8(11)16/h2-5H,1H3,(H2,11,16). The average molecular weight is 247 g/mol. The van der Waals surface area contributed by atoms with Crippen LogP contribution in [0.1, 0.15) is 0 Å². The third-order valence-corrected chi connectivity index (χ3v) is 1.96. The van der Waals surface area contributed by atoms with Gasteiger partial charge in [-0.2, -0.15) is 0 Å². The Labute approximate surface area is 102 Å². The minimum absolute atomic E-state index is 0.110. The molecular formula is C10H9N5O3. The highest BCUT2D eigenvalue weighted by Crippen LogP contribution is 2.17. The molecule has 2 aromatic rings. The maximum Gasteiger partial charge on any atom is 0.412 e. The van der Waals surface area contributed by atoms with Gasteiger partial charge >= 0.3 is 18.1 Å². The summed E-state index contributed by atoms with van der Waals surface area (Å²) in [6, 6.07) is 0.161. The van der Waals surface area contributed by atoms with Crippen molar-refractivity contribution in [2.75, 3.05) is 7.11 Å². The van der Waals surface area contributed by atoms with Gasteiger partial charge in [-0.15, -0.1) is 0 Å². The quantitative estimate of drug-likeness (QED) is 0.834. The van der Waals surface area contributed by atoms with Gasteiger partial charge in [0.1, 0.15) is 0 Å². The van der Waals surface area contributed by atoms with E-state index in [1.54, 1.807) is 12.4 Å². The van der Waals surface area contributed by atoms with Gasteiger partial charge < -0.3 is 15.2 Å². The van der Waals surface area contributed by atoms with Gasteiger partial charge in [-0.1, -0.05) is 0 Å². The van der Waals surface area contributed by atoms with E-state index in [1.807, 2.05) is 0 Å². The third-order valence-electron chi connectivity index (χ3n) is 1.96. The smallest absolute Gasteiger partial charge is 0.412 e. The number of nitrogens with two attached hydrogens (primary N) is 1. The number of nitrogens with zero attached hydrogens (tertiary/aromatic N) is 4.